The second kappa shape index (κ2) is 8.79. The summed E-state index contributed by atoms with van der Waals surface area (Å²) in [5.74, 6) is 1.28. The van der Waals surface area contributed by atoms with Crippen LogP contribution in [0.3, 0.4) is 0 Å². The van der Waals surface area contributed by atoms with Crippen molar-refractivity contribution in [1.82, 2.24) is 4.90 Å². The first kappa shape index (κ1) is 18.5. The van der Waals surface area contributed by atoms with Crippen LogP contribution >= 0.6 is 24.0 Å². The van der Waals surface area contributed by atoms with Crippen molar-refractivity contribution in [2.75, 3.05) is 26.0 Å². The van der Waals surface area contributed by atoms with Crippen LogP contribution in [-0.2, 0) is 0 Å². The van der Waals surface area contributed by atoms with Gasteiger partial charge >= 0.3 is 0 Å². The maximum atomic E-state index is 5.95. The van der Waals surface area contributed by atoms with Crippen LogP contribution in [0.4, 0.5) is 5.69 Å². The molecule has 0 amide bonds. The summed E-state index contributed by atoms with van der Waals surface area (Å²) in [5.41, 5.74) is 8.06. The minimum Gasteiger partial charge on any atom is -0.468 e. The molecule has 0 radical (unpaired) electrons. The Kier molecular flexibility index (Phi) is 7.40. The molecule has 1 atom stereocenters. The van der Waals surface area contributed by atoms with Gasteiger partial charge in [-0.25, -0.2) is 0 Å². The minimum atomic E-state index is 0. The van der Waals surface area contributed by atoms with Gasteiger partial charge in [-0.15, -0.1) is 24.0 Å². The maximum absolute atomic E-state index is 5.95. The molecule has 2 rings (SSSR count). The summed E-state index contributed by atoms with van der Waals surface area (Å²) in [4.78, 5) is 6.47. The van der Waals surface area contributed by atoms with Crippen molar-refractivity contribution >= 4 is 35.6 Å². The molecule has 120 valence electrons. The third-order valence-electron chi connectivity index (χ3n) is 3.22. The topological polar surface area (TPSA) is 66.8 Å². The van der Waals surface area contributed by atoms with Gasteiger partial charge in [-0.05, 0) is 50.8 Å². The predicted octanol–water partition coefficient (Wildman–Crippen LogP) is 3.24. The number of nitrogens with zero attached hydrogens (tertiary/aromatic N) is 2. The van der Waals surface area contributed by atoms with E-state index in [0.29, 0.717) is 12.5 Å². The average molecular weight is 414 g/mol. The number of rotatable bonds is 5. The fourth-order valence-corrected chi connectivity index (χ4v) is 2.08. The molecule has 0 aliphatic heterocycles. The molecule has 1 heterocycles. The number of aryl methyl sites for hydroxylation is 1. The van der Waals surface area contributed by atoms with Crippen molar-refractivity contribution in [1.29, 1.82) is 0 Å². The Hall–Kier alpha value is -1.54. The number of nitrogens with two attached hydrogens (primary N) is 1. The quantitative estimate of drug-likeness (QED) is 0.448. The summed E-state index contributed by atoms with van der Waals surface area (Å²) in [6.07, 6.45) is 1.67. The van der Waals surface area contributed by atoms with Crippen molar-refractivity contribution in [3.05, 3.63) is 54.0 Å². The fourth-order valence-electron chi connectivity index (χ4n) is 2.08. The third-order valence-corrected chi connectivity index (χ3v) is 3.22. The van der Waals surface area contributed by atoms with Gasteiger partial charge in [0.25, 0.3) is 0 Å². The molecule has 22 heavy (non-hydrogen) atoms. The Morgan fingerprint density at radius 3 is 2.68 bits per heavy atom. The monoisotopic (exact) mass is 414 g/mol. The number of guanidine groups is 1. The number of likely N-dealkylation sites (N-methyl/N-ethyl adjacent to an activating group) is 1. The van der Waals surface area contributed by atoms with E-state index in [4.69, 9.17) is 10.2 Å². The van der Waals surface area contributed by atoms with Crippen LogP contribution in [0.2, 0.25) is 0 Å². The lowest BCUT2D eigenvalue weighted by molar-refractivity contribution is 0.265. The normalized spacial score (nSPS) is 12.8. The number of aliphatic imine (C=N–C) groups is 1. The van der Waals surface area contributed by atoms with Crippen molar-refractivity contribution in [2.45, 2.75) is 13.0 Å². The number of halogens is 1. The summed E-state index contributed by atoms with van der Waals surface area (Å²) >= 11 is 0. The van der Waals surface area contributed by atoms with Gasteiger partial charge in [0.1, 0.15) is 5.76 Å². The summed E-state index contributed by atoms with van der Waals surface area (Å²) in [6.45, 7) is 2.57. The molecule has 1 aromatic heterocycles. The number of benzene rings is 1. The summed E-state index contributed by atoms with van der Waals surface area (Å²) in [7, 11) is 3.99. The Morgan fingerprint density at radius 2 is 2.09 bits per heavy atom. The van der Waals surface area contributed by atoms with Gasteiger partial charge in [0.05, 0.1) is 18.8 Å². The first-order valence-electron chi connectivity index (χ1n) is 6.89. The molecule has 2 aromatic rings. The number of anilines is 1. The lowest BCUT2D eigenvalue weighted by atomic mass is 10.2. The highest BCUT2D eigenvalue weighted by Gasteiger charge is 2.16. The van der Waals surface area contributed by atoms with Gasteiger partial charge in [-0.3, -0.25) is 9.89 Å². The van der Waals surface area contributed by atoms with E-state index >= 15 is 0 Å². The molecule has 0 aliphatic rings. The van der Waals surface area contributed by atoms with Gasteiger partial charge in [0, 0.05) is 5.69 Å². The van der Waals surface area contributed by atoms with E-state index in [1.165, 1.54) is 5.56 Å². The van der Waals surface area contributed by atoms with Gasteiger partial charge in [-0.1, -0.05) is 12.1 Å². The zero-order valence-electron chi connectivity index (χ0n) is 13.1. The molecule has 0 saturated carbocycles. The third kappa shape index (κ3) is 5.34. The fraction of sp³-hybridized carbons (Fsp3) is 0.312. The Labute approximate surface area is 148 Å². The van der Waals surface area contributed by atoms with Crippen LogP contribution in [-0.4, -0.2) is 31.5 Å². The molecule has 1 unspecified atom stereocenters. The van der Waals surface area contributed by atoms with Crippen LogP contribution < -0.4 is 11.1 Å². The van der Waals surface area contributed by atoms with E-state index in [2.05, 4.69) is 15.2 Å². The largest absolute Gasteiger partial charge is 0.468 e. The molecule has 0 aliphatic carbocycles. The molecular weight excluding hydrogens is 391 g/mol. The van der Waals surface area contributed by atoms with Gasteiger partial charge in [0.2, 0.25) is 0 Å². The van der Waals surface area contributed by atoms with Gasteiger partial charge in [-0.2, -0.15) is 0 Å². The second-order valence-corrected chi connectivity index (χ2v) is 5.22. The van der Waals surface area contributed by atoms with E-state index in [1.54, 1.807) is 6.26 Å². The highest BCUT2D eigenvalue weighted by molar-refractivity contribution is 14.0. The van der Waals surface area contributed by atoms with Crippen LogP contribution in [0.1, 0.15) is 17.4 Å². The second-order valence-electron chi connectivity index (χ2n) is 5.22. The number of hydrogen-bond acceptors (Lipinski definition) is 3. The summed E-state index contributed by atoms with van der Waals surface area (Å²) in [5, 5.41) is 3.10. The molecular formula is C16H23IN4O. The van der Waals surface area contributed by atoms with Crippen LogP contribution in [0.5, 0.6) is 0 Å². The van der Waals surface area contributed by atoms with Crippen molar-refractivity contribution in [3.8, 4) is 0 Å². The SMILES string of the molecule is Cc1cccc(NC(N)=NCC(c2ccco2)N(C)C)c1.I. The van der Waals surface area contributed by atoms with Crippen molar-refractivity contribution in [2.24, 2.45) is 10.7 Å². The Bertz CT molecular complexity index is 596. The smallest absolute Gasteiger partial charge is 0.193 e. The van der Waals surface area contributed by atoms with E-state index in [0.717, 1.165) is 11.4 Å². The predicted molar refractivity (Wildman–Crippen MR) is 102 cm³/mol. The standard InChI is InChI=1S/C16H22N4O.HI/c1-12-6-4-7-13(10-12)19-16(17)18-11-14(20(2)3)15-8-5-9-21-15;/h4-10,14H,11H2,1-3H3,(H3,17,18,19);1H. The molecule has 3 N–H and O–H groups in total. The zero-order valence-corrected chi connectivity index (χ0v) is 15.4. The van der Waals surface area contributed by atoms with E-state index < -0.39 is 0 Å². The van der Waals surface area contributed by atoms with Crippen LogP contribution in [0.15, 0.2) is 52.1 Å². The summed E-state index contributed by atoms with van der Waals surface area (Å²) < 4.78 is 5.45. The minimum absolute atomic E-state index is 0. The zero-order chi connectivity index (χ0) is 15.2. The molecule has 0 saturated heterocycles. The lowest BCUT2D eigenvalue weighted by Crippen LogP contribution is -2.27. The van der Waals surface area contributed by atoms with Crippen molar-refractivity contribution < 1.29 is 4.42 Å². The highest BCUT2D eigenvalue weighted by Crippen LogP contribution is 2.18. The summed E-state index contributed by atoms with van der Waals surface area (Å²) in [6, 6.07) is 11.9. The average Bonchev–Trinajstić information content (AvgIpc) is 2.92. The van der Waals surface area contributed by atoms with Crippen molar-refractivity contribution in [3.63, 3.8) is 0 Å². The Morgan fingerprint density at radius 1 is 1.32 bits per heavy atom. The van der Waals surface area contributed by atoms with Crippen LogP contribution in [0, 0.1) is 6.92 Å². The van der Waals surface area contributed by atoms with E-state index in [-0.39, 0.29) is 30.0 Å². The molecule has 6 heteroatoms. The molecule has 1 aromatic carbocycles. The van der Waals surface area contributed by atoms with Crippen LogP contribution in [0.25, 0.3) is 0 Å². The van der Waals surface area contributed by atoms with E-state index in [1.807, 2.05) is 57.4 Å². The van der Waals surface area contributed by atoms with Gasteiger partial charge in [0.15, 0.2) is 5.96 Å². The number of nitrogens with one attached hydrogen (secondary N) is 1. The Balaban J connectivity index is 0.00000242. The molecule has 0 bridgehead atoms. The highest BCUT2D eigenvalue weighted by atomic mass is 127. The number of hydrogen-bond donors (Lipinski definition) is 2. The molecule has 5 nitrogen and oxygen atoms in total. The van der Waals surface area contributed by atoms with E-state index in [9.17, 15) is 0 Å². The molecule has 0 spiro atoms. The number of furan rings is 1. The first-order valence-corrected chi connectivity index (χ1v) is 6.89. The molecule has 0 fully saturated rings. The first-order chi connectivity index (χ1) is 10.1. The lowest BCUT2D eigenvalue weighted by Gasteiger charge is -2.20. The van der Waals surface area contributed by atoms with Gasteiger partial charge < -0.3 is 15.5 Å². The maximum Gasteiger partial charge on any atom is 0.193 e.